The smallest absolute Gasteiger partial charge is 0.328 e. The van der Waals surface area contributed by atoms with Crippen molar-refractivity contribution in [1.29, 1.82) is 0 Å². The van der Waals surface area contributed by atoms with Crippen LogP contribution >= 0.6 is 0 Å². The summed E-state index contributed by atoms with van der Waals surface area (Å²) in [4.78, 5) is 12.8. The monoisotopic (exact) mass is 247 g/mol. The van der Waals surface area contributed by atoms with E-state index in [9.17, 15) is 4.79 Å². The number of carboxylic acid groups (broad SMARTS) is 1. The Kier molecular flexibility index (Phi) is 5.98. The van der Waals surface area contributed by atoms with E-state index in [-0.39, 0.29) is 0 Å². The van der Waals surface area contributed by atoms with E-state index in [2.05, 4.69) is 24.8 Å². The number of rotatable bonds is 7. The van der Waals surface area contributed by atoms with E-state index in [1.54, 1.807) is 6.08 Å². The highest BCUT2D eigenvalue weighted by Crippen LogP contribution is 2.18. The van der Waals surface area contributed by atoms with Gasteiger partial charge in [0, 0.05) is 24.9 Å². The van der Waals surface area contributed by atoms with Crippen molar-refractivity contribution in [2.75, 3.05) is 18.0 Å². The third kappa shape index (κ3) is 4.62. The standard InChI is InChI=1S/C15H21NO2/c1-3-10-16(11-4-2)14-7-5-6-13(12-14)8-9-15(17)18/h5-9,12H,3-4,10-11H2,1-2H3,(H,17,18)/b9-8+. The van der Waals surface area contributed by atoms with E-state index in [0.29, 0.717) is 0 Å². The topological polar surface area (TPSA) is 40.5 Å². The predicted molar refractivity (Wildman–Crippen MR) is 75.9 cm³/mol. The van der Waals surface area contributed by atoms with E-state index in [0.717, 1.165) is 37.2 Å². The van der Waals surface area contributed by atoms with Crippen molar-refractivity contribution in [2.24, 2.45) is 0 Å². The first-order chi connectivity index (χ1) is 8.67. The molecule has 1 aromatic rings. The van der Waals surface area contributed by atoms with Gasteiger partial charge in [0.05, 0.1) is 0 Å². The number of aliphatic carboxylic acids is 1. The first kappa shape index (κ1) is 14.3. The van der Waals surface area contributed by atoms with Crippen LogP contribution in [-0.2, 0) is 4.79 Å². The number of carboxylic acids is 1. The van der Waals surface area contributed by atoms with Crippen molar-refractivity contribution in [3.8, 4) is 0 Å². The van der Waals surface area contributed by atoms with Gasteiger partial charge in [0.2, 0.25) is 0 Å². The summed E-state index contributed by atoms with van der Waals surface area (Å²) in [6.07, 6.45) is 5.01. The molecule has 0 radical (unpaired) electrons. The van der Waals surface area contributed by atoms with Crippen LogP contribution in [0.5, 0.6) is 0 Å². The molecule has 3 heteroatoms. The van der Waals surface area contributed by atoms with Crippen LogP contribution in [0.25, 0.3) is 6.08 Å². The molecule has 0 bridgehead atoms. The minimum Gasteiger partial charge on any atom is -0.478 e. The van der Waals surface area contributed by atoms with Crippen LogP contribution in [0.1, 0.15) is 32.3 Å². The molecule has 1 aromatic carbocycles. The summed E-state index contributed by atoms with van der Waals surface area (Å²) in [5.74, 6) is -0.917. The zero-order chi connectivity index (χ0) is 13.4. The fraction of sp³-hybridized carbons (Fsp3) is 0.400. The number of carbonyl (C=O) groups is 1. The number of nitrogens with zero attached hydrogens (tertiary/aromatic N) is 1. The molecular weight excluding hydrogens is 226 g/mol. The highest BCUT2D eigenvalue weighted by Gasteiger charge is 2.04. The second kappa shape index (κ2) is 7.54. The normalized spacial score (nSPS) is 10.8. The molecule has 0 saturated heterocycles. The molecule has 0 heterocycles. The molecule has 1 N–H and O–H groups in total. The summed E-state index contributed by atoms with van der Waals surface area (Å²) in [5, 5.41) is 8.62. The Morgan fingerprint density at radius 3 is 2.50 bits per heavy atom. The van der Waals surface area contributed by atoms with Gasteiger partial charge >= 0.3 is 5.97 Å². The zero-order valence-corrected chi connectivity index (χ0v) is 11.1. The Balaban J connectivity index is 2.87. The van der Waals surface area contributed by atoms with Gasteiger partial charge in [-0.1, -0.05) is 26.0 Å². The molecule has 0 spiro atoms. The zero-order valence-electron chi connectivity index (χ0n) is 11.1. The van der Waals surface area contributed by atoms with Crippen LogP contribution in [0.2, 0.25) is 0 Å². The van der Waals surface area contributed by atoms with Gasteiger partial charge in [-0.3, -0.25) is 0 Å². The Morgan fingerprint density at radius 1 is 1.28 bits per heavy atom. The average molecular weight is 247 g/mol. The predicted octanol–water partition coefficient (Wildman–Crippen LogP) is 3.41. The molecule has 0 aliphatic rings. The Bertz CT molecular complexity index is 407. The summed E-state index contributed by atoms with van der Waals surface area (Å²) in [7, 11) is 0. The largest absolute Gasteiger partial charge is 0.478 e. The lowest BCUT2D eigenvalue weighted by atomic mass is 10.1. The van der Waals surface area contributed by atoms with Crippen molar-refractivity contribution >= 4 is 17.7 Å². The molecule has 3 nitrogen and oxygen atoms in total. The fourth-order valence-electron chi connectivity index (χ4n) is 1.90. The highest BCUT2D eigenvalue weighted by molar-refractivity contribution is 5.85. The van der Waals surface area contributed by atoms with Gasteiger partial charge in [0.1, 0.15) is 0 Å². The summed E-state index contributed by atoms with van der Waals surface area (Å²) in [5.41, 5.74) is 2.08. The number of hydrogen-bond donors (Lipinski definition) is 1. The summed E-state index contributed by atoms with van der Waals surface area (Å²) < 4.78 is 0. The molecule has 0 amide bonds. The van der Waals surface area contributed by atoms with E-state index in [4.69, 9.17) is 5.11 Å². The second-order valence-electron chi connectivity index (χ2n) is 4.25. The molecule has 0 saturated carbocycles. The van der Waals surface area contributed by atoms with E-state index < -0.39 is 5.97 Å². The molecule has 0 unspecified atom stereocenters. The van der Waals surface area contributed by atoms with Gasteiger partial charge < -0.3 is 10.0 Å². The summed E-state index contributed by atoms with van der Waals surface area (Å²) in [6, 6.07) is 7.99. The van der Waals surface area contributed by atoms with E-state index >= 15 is 0 Å². The lowest BCUT2D eigenvalue weighted by molar-refractivity contribution is -0.131. The minimum absolute atomic E-state index is 0.917. The van der Waals surface area contributed by atoms with E-state index in [1.807, 2.05) is 18.2 Å². The lowest BCUT2D eigenvalue weighted by Gasteiger charge is -2.24. The fourth-order valence-corrected chi connectivity index (χ4v) is 1.90. The SMILES string of the molecule is CCCN(CCC)c1cccc(/C=C/C(=O)O)c1. The van der Waals surface area contributed by atoms with Crippen molar-refractivity contribution in [3.63, 3.8) is 0 Å². The Hall–Kier alpha value is -1.77. The van der Waals surface area contributed by atoms with Gasteiger partial charge in [-0.25, -0.2) is 4.79 Å². The number of benzene rings is 1. The minimum atomic E-state index is -0.917. The van der Waals surface area contributed by atoms with Crippen LogP contribution in [-0.4, -0.2) is 24.2 Å². The molecule has 0 aliphatic heterocycles. The number of hydrogen-bond acceptors (Lipinski definition) is 2. The number of anilines is 1. The molecular formula is C15H21NO2. The van der Waals surface area contributed by atoms with Crippen molar-refractivity contribution in [1.82, 2.24) is 0 Å². The van der Waals surface area contributed by atoms with Crippen molar-refractivity contribution in [3.05, 3.63) is 35.9 Å². The summed E-state index contributed by atoms with van der Waals surface area (Å²) in [6.45, 7) is 6.38. The maximum Gasteiger partial charge on any atom is 0.328 e. The molecule has 0 fully saturated rings. The Morgan fingerprint density at radius 2 is 1.94 bits per heavy atom. The lowest BCUT2D eigenvalue weighted by Crippen LogP contribution is -2.24. The maximum atomic E-state index is 10.5. The van der Waals surface area contributed by atoms with Crippen molar-refractivity contribution < 1.29 is 9.90 Å². The second-order valence-corrected chi connectivity index (χ2v) is 4.25. The average Bonchev–Trinajstić information content (AvgIpc) is 2.36. The third-order valence-electron chi connectivity index (χ3n) is 2.64. The van der Waals surface area contributed by atoms with E-state index in [1.165, 1.54) is 6.08 Å². The summed E-state index contributed by atoms with van der Waals surface area (Å²) >= 11 is 0. The van der Waals surface area contributed by atoms with Gasteiger partial charge in [0.15, 0.2) is 0 Å². The molecule has 1 rings (SSSR count). The quantitative estimate of drug-likeness (QED) is 0.751. The van der Waals surface area contributed by atoms with Crippen LogP contribution < -0.4 is 4.90 Å². The molecule has 18 heavy (non-hydrogen) atoms. The van der Waals surface area contributed by atoms with Gasteiger partial charge in [-0.2, -0.15) is 0 Å². The van der Waals surface area contributed by atoms with Gasteiger partial charge in [0.25, 0.3) is 0 Å². The molecule has 0 aromatic heterocycles. The third-order valence-corrected chi connectivity index (χ3v) is 2.64. The maximum absolute atomic E-state index is 10.5. The Labute approximate surface area is 109 Å². The van der Waals surface area contributed by atoms with Gasteiger partial charge in [-0.05, 0) is 36.6 Å². The van der Waals surface area contributed by atoms with Crippen LogP contribution in [0.3, 0.4) is 0 Å². The first-order valence-corrected chi connectivity index (χ1v) is 6.43. The van der Waals surface area contributed by atoms with Gasteiger partial charge in [-0.15, -0.1) is 0 Å². The highest BCUT2D eigenvalue weighted by atomic mass is 16.4. The molecule has 0 atom stereocenters. The van der Waals surface area contributed by atoms with Crippen molar-refractivity contribution in [2.45, 2.75) is 26.7 Å². The van der Waals surface area contributed by atoms with Crippen LogP contribution in [0.15, 0.2) is 30.3 Å². The van der Waals surface area contributed by atoms with Crippen LogP contribution in [0.4, 0.5) is 5.69 Å². The molecule has 0 aliphatic carbocycles. The van der Waals surface area contributed by atoms with Crippen LogP contribution in [0, 0.1) is 0 Å². The first-order valence-electron chi connectivity index (χ1n) is 6.43. The molecule has 98 valence electrons.